The van der Waals surface area contributed by atoms with Crippen LogP contribution in [0, 0.1) is 0 Å². The summed E-state index contributed by atoms with van der Waals surface area (Å²) in [5.74, 6) is -3.33. The molecular formula is C12H19N3O6. The van der Waals surface area contributed by atoms with Crippen LogP contribution in [0.15, 0.2) is 0 Å². The van der Waals surface area contributed by atoms with Crippen LogP contribution in [0.4, 0.5) is 0 Å². The number of amides is 2. The second-order valence-corrected chi connectivity index (χ2v) is 4.93. The van der Waals surface area contributed by atoms with E-state index in [4.69, 9.17) is 15.9 Å². The Kier molecular flexibility index (Phi) is 6.10. The highest BCUT2D eigenvalue weighted by atomic mass is 16.4. The summed E-state index contributed by atoms with van der Waals surface area (Å²) < 4.78 is 0. The first-order valence-corrected chi connectivity index (χ1v) is 6.62. The molecule has 0 radical (unpaired) electrons. The number of rotatable bonds is 6. The van der Waals surface area contributed by atoms with Crippen LogP contribution >= 0.6 is 0 Å². The SMILES string of the molecule is N[C@@H](CCC(=O)NC1CCCC(C(=O)O)NC1=O)C(=O)O. The van der Waals surface area contributed by atoms with E-state index in [1.54, 1.807) is 0 Å². The molecule has 2 amide bonds. The smallest absolute Gasteiger partial charge is 0.326 e. The minimum absolute atomic E-state index is 0.0345. The number of hydrogen-bond donors (Lipinski definition) is 5. The number of carbonyl (C=O) groups excluding carboxylic acids is 2. The van der Waals surface area contributed by atoms with Crippen LogP contribution in [-0.4, -0.2) is 52.1 Å². The van der Waals surface area contributed by atoms with Crippen molar-refractivity contribution >= 4 is 23.8 Å². The molecule has 9 heteroatoms. The van der Waals surface area contributed by atoms with E-state index in [2.05, 4.69) is 10.6 Å². The van der Waals surface area contributed by atoms with Gasteiger partial charge in [-0.2, -0.15) is 0 Å². The van der Waals surface area contributed by atoms with Crippen LogP contribution in [0.3, 0.4) is 0 Å². The van der Waals surface area contributed by atoms with E-state index in [9.17, 15) is 19.2 Å². The van der Waals surface area contributed by atoms with Crippen LogP contribution in [0.5, 0.6) is 0 Å². The number of nitrogens with two attached hydrogens (primary N) is 1. The van der Waals surface area contributed by atoms with E-state index in [1.165, 1.54) is 0 Å². The maximum atomic E-state index is 11.8. The van der Waals surface area contributed by atoms with Gasteiger partial charge in [0.1, 0.15) is 18.1 Å². The summed E-state index contributed by atoms with van der Waals surface area (Å²) in [4.78, 5) is 44.8. The van der Waals surface area contributed by atoms with Crippen molar-refractivity contribution in [3.63, 3.8) is 0 Å². The third kappa shape index (κ3) is 5.38. The van der Waals surface area contributed by atoms with Gasteiger partial charge in [-0.15, -0.1) is 0 Å². The molecule has 0 bridgehead atoms. The highest BCUT2D eigenvalue weighted by Gasteiger charge is 2.29. The second-order valence-electron chi connectivity index (χ2n) is 4.93. The molecule has 21 heavy (non-hydrogen) atoms. The normalized spacial score (nSPS) is 23.6. The molecule has 1 heterocycles. The maximum absolute atomic E-state index is 11.8. The molecule has 2 unspecified atom stereocenters. The van der Waals surface area contributed by atoms with Crippen molar-refractivity contribution < 1.29 is 29.4 Å². The molecule has 0 aliphatic carbocycles. The Balaban J connectivity index is 2.46. The zero-order valence-corrected chi connectivity index (χ0v) is 11.4. The van der Waals surface area contributed by atoms with Gasteiger partial charge in [0.25, 0.3) is 0 Å². The first-order chi connectivity index (χ1) is 9.81. The number of carbonyl (C=O) groups is 4. The summed E-state index contributed by atoms with van der Waals surface area (Å²) >= 11 is 0. The number of nitrogens with one attached hydrogen (secondary N) is 2. The van der Waals surface area contributed by atoms with Crippen LogP contribution in [-0.2, 0) is 19.2 Å². The van der Waals surface area contributed by atoms with Crippen molar-refractivity contribution in [2.75, 3.05) is 0 Å². The van der Waals surface area contributed by atoms with E-state index in [-0.39, 0.29) is 12.8 Å². The van der Waals surface area contributed by atoms with E-state index in [1.807, 2.05) is 0 Å². The van der Waals surface area contributed by atoms with Crippen molar-refractivity contribution in [3.8, 4) is 0 Å². The lowest BCUT2D eigenvalue weighted by atomic mass is 10.1. The minimum atomic E-state index is -1.20. The van der Waals surface area contributed by atoms with E-state index < -0.39 is 41.9 Å². The number of hydrogen-bond acceptors (Lipinski definition) is 5. The first-order valence-electron chi connectivity index (χ1n) is 6.62. The summed E-state index contributed by atoms with van der Waals surface area (Å²) in [7, 11) is 0. The average molecular weight is 301 g/mol. The van der Waals surface area contributed by atoms with Crippen LogP contribution in [0.25, 0.3) is 0 Å². The molecule has 0 aromatic carbocycles. The highest BCUT2D eigenvalue weighted by Crippen LogP contribution is 2.11. The fraction of sp³-hybridized carbons (Fsp3) is 0.667. The summed E-state index contributed by atoms with van der Waals surface area (Å²) in [6.45, 7) is 0. The lowest BCUT2D eigenvalue weighted by Crippen LogP contribution is -2.49. The van der Waals surface area contributed by atoms with Crippen LogP contribution in [0.1, 0.15) is 32.1 Å². The number of carboxylic acids is 2. The van der Waals surface area contributed by atoms with Crippen molar-refractivity contribution in [1.29, 1.82) is 0 Å². The van der Waals surface area contributed by atoms with Crippen molar-refractivity contribution in [3.05, 3.63) is 0 Å². The van der Waals surface area contributed by atoms with Gasteiger partial charge in [-0.25, -0.2) is 4.79 Å². The number of aliphatic carboxylic acids is 2. The Morgan fingerprint density at radius 3 is 2.57 bits per heavy atom. The van der Waals surface area contributed by atoms with E-state index in [0.717, 1.165) is 0 Å². The molecule has 1 aliphatic rings. The minimum Gasteiger partial charge on any atom is -0.480 e. The van der Waals surface area contributed by atoms with Gasteiger partial charge in [-0.3, -0.25) is 14.4 Å². The van der Waals surface area contributed by atoms with Gasteiger partial charge in [0.05, 0.1) is 0 Å². The predicted molar refractivity (Wildman–Crippen MR) is 70.2 cm³/mol. The predicted octanol–water partition coefficient (Wildman–Crippen LogP) is -1.58. The molecule has 1 rings (SSSR count). The molecule has 0 aromatic heterocycles. The lowest BCUT2D eigenvalue weighted by Gasteiger charge is -2.16. The fourth-order valence-electron chi connectivity index (χ4n) is 2.00. The fourth-order valence-corrected chi connectivity index (χ4v) is 2.00. The molecule has 1 aliphatic heterocycles. The maximum Gasteiger partial charge on any atom is 0.326 e. The van der Waals surface area contributed by atoms with Crippen molar-refractivity contribution in [2.24, 2.45) is 5.73 Å². The van der Waals surface area contributed by atoms with Crippen molar-refractivity contribution in [1.82, 2.24) is 10.6 Å². The van der Waals surface area contributed by atoms with Crippen molar-refractivity contribution in [2.45, 2.75) is 50.2 Å². The second kappa shape index (κ2) is 7.58. The summed E-state index contributed by atoms with van der Waals surface area (Å²) in [5.41, 5.74) is 5.28. The molecule has 118 valence electrons. The number of carboxylic acid groups (broad SMARTS) is 2. The molecule has 6 N–H and O–H groups in total. The van der Waals surface area contributed by atoms with Gasteiger partial charge >= 0.3 is 11.9 Å². The van der Waals surface area contributed by atoms with Crippen LogP contribution < -0.4 is 16.4 Å². The molecule has 1 saturated heterocycles. The summed E-state index contributed by atoms with van der Waals surface area (Å²) in [6, 6.07) is -2.88. The van der Waals surface area contributed by atoms with E-state index >= 15 is 0 Å². The van der Waals surface area contributed by atoms with E-state index in [0.29, 0.717) is 19.3 Å². The summed E-state index contributed by atoms with van der Waals surface area (Å²) in [6.07, 6.45) is 0.978. The lowest BCUT2D eigenvalue weighted by molar-refractivity contribution is -0.142. The Morgan fingerprint density at radius 1 is 1.33 bits per heavy atom. The molecule has 0 saturated carbocycles. The topological polar surface area (TPSA) is 159 Å². The van der Waals surface area contributed by atoms with Gasteiger partial charge in [-0.1, -0.05) is 0 Å². The first kappa shape index (κ1) is 16.9. The third-order valence-corrected chi connectivity index (χ3v) is 3.25. The van der Waals surface area contributed by atoms with Gasteiger partial charge in [0.15, 0.2) is 0 Å². The molecule has 0 aromatic rings. The van der Waals surface area contributed by atoms with Gasteiger partial charge in [0, 0.05) is 6.42 Å². The Hall–Kier alpha value is -2.16. The third-order valence-electron chi connectivity index (χ3n) is 3.25. The van der Waals surface area contributed by atoms with Gasteiger partial charge < -0.3 is 26.6 Å². The molecule has 1 fully saturated rings. The average Bonchev–Trinajstić information content (AvgIpc) is 2.58. The van der Waals surface area contributed by atoms with Gasteiger partial charge in [-0.05, 0) is 25.7 Å². The Morgan fingerprint density at radius 2 is 2.00 bits per heavy atom. The van der Waals surface area contributed by atoms with Crippen LogP contribution in [0.2, 0.25) is 0 Å². The highest BCUT2D eigenvalue weighted by molar-refractivity contribution is 5.90. The zero-order valence-electron chi connectivity index (χ0n) is 11.4. The molecular weight excluding hydrogens is 282 g/mol. The largest absolute Gasteiger partial charge is 0.480 e. The summed E-state index contributed by atoms with van der Waals surface area (Å²) in [5, 5.41) is 22.3. The standard InChI is InChI=1S/C12H19N3O6/c13-6(11(18)19)4-5-9(16)14-7-2-1-3-8(12(20)21)15-10(7)17/h6-8H,1-5,13H2,(H,14,16)(H,15,17)(H,18,19)(H,20,21)/t6-,7?,8?/m0/s1. The van der Waals surface area contributed by atoms with Gasteiger partial charge in [0.2, 0.25) is 11.8 Å². The Bertz CT molecular complexity index is 439. The zero-order chi connectivity index (χ0) is 16.0. The quantitative estimate of drug-likeness (QED) is 0.395. The monoisotopic (exact) mass is 301 g/mol. The molecule has 3 atom stereocenters. The molecule has 9 nitrogen and oxygen atoms in total. The molecule has 0 spiro atoms. The Labute approximate surface area is 120 Å².